The molecule has 0 amide bonds. The number of hydrogen-bond acceptors (Lipinski definition) is 1. The molecule has 2 heterocycles. The molecule has 1 aliphatic heterocycles. The molecule has 2 unspecified atom stereocenters. The number of nitrogens with one attached hydrogen (secondary N) is 1. The van der Waals surface area contributed by atoms with Gasteiger partial charge in [-0.2, -0.15) is 0 Å². The standard InChI is InChI=1S/C21H28N2/c1-15-17-8-4-5-9-18(17)23(2)19(15)20(10-6-3-7-11-20)21-12-16(21)13-22-14-21/h4-5,8-9,16,22H,3,6-7,10-14H2,1-2H3. The van der Waals surface area contributed by atoms with Crippen LogP contribution in [0.3, 0.4) is 0 Å². The summed E-state index contributed by atoms with van der Waals surface area (Å²) < 4.78 is 2.55. The van der Waals surface area contributed by atoms with Gasteiger partial charge in [0.25, 0.3) is 0 Å². The minimum atomic E-state index is 0.414. The quantitative estimate of drug-likeness (QED) is 0.875. The average molecular weight is 308 g/mol. The number of aromatic nitrogens is 1. The summed E-state index contributed by atoms with van der Waals surface area (Å²) in [6.07, 6.45) is 8.51. The fraction of sp³-hybridized carbons (Fsp3) is 0.619. The number of para-hydroxylation sites is 1. The Bertz CT molecular complexity index is 726. The van der Waals surface area contributed by atoms with Crippen LogP contribution in [0, 0.1) is 18.3 Å². The molecule has 0 radical (unpaired) electrons. The molecule has 1 aromatic carbocycles. The summed E-state index contributed by atoms with van der Waals surface area (Å²) in [5, 5.41) is 5.19. The van der Waals surface area contributed by atoms with Crippen molar-refractivity contribution >= 4 is 10.9 Å². The molecule has 2 heteroatoms. The molecule has 2 atom stereocenters. The Labute approximate surface area is 139 Å². The lowest BCUT2D eigenvalue weighted by atomic mass is 9.60. The molecular formula is C21H28N2. The summed E-state index contributed by atoms with van der Waals surface area (Å²) in [7, 11) is 2.32. The molecule has 5 rings (SSSR count). The number of hydrogen-bond donors (Lipinski definition) is 1. The van der Waals surface area contributed by atoms with Gasteiger partial charge in [0.15, 0.2) is 0 Å². The summed E-state index contributed by atoms with van der Waals surface area (Å²) in [6.45, 7) is 4.88. The van der Waals surface area contributed by atoms with Gasteiger partial charge in [-0.15, -0.1) is 0 Å². The van der Waals surface area contributed by atoms with Gasteiger partial charge < -0.3 is 9.88 Å². The fourth-order valence-corrected chi connectivity index (χ4v) is 6.48. The zero-order valence-electron chi connectivity index (χ0n) is 14.5. The molecule has 2 aliphatic carbocycles. The highest BCUT2D eigenvalue weighted by Crippen LogP contribution is 2.70. The molecule has 23 heavy (non-hydrogen) atoms. The topological polar surface area (TPSA) is 17.0 Å². The van der Waals surface area contributed by atoms with E-state index >= 15 is 0 Å². The predicted octanol–water partition coefficient (Wildman–Crippen LogP) is 4.30. The van der Waals surface area contributed by atoms with E-state index < -0.39 is 0 Å². The van der Waals surface area contributed by atoms with E-state index in [-0.39, 0.29) is 0 Å². The van der Waals surface area contributed by atoms with Gasteiger partial charge in [-0.3, -0.25) is 0 Å². The van der Waals surface area contributed by atoms with Crippen molar-refractivity contribution in [1.29, 1.82) is 0 Å². The molecule has 2 saturated carbocycles. The number of piperidine rings is 1. The summed E-state index contributed by atoms with van der Waals surface area (Å²) in [5.74, 6) is 0.929. The van der Waals surface area contributed by atoms with Crippen LogP contribution < -0.4 is 5.32 Å². The monoisotopic (exact) mass is 308 g/mol. The zero-order chi connectivity index (χ0) is 15.7. The minimum Gasteiger partial charge on any atom is -0.347 e. The third-order valence-electron chi connectivity index (χ3n) is 7.54. The molecule has 1 N–H and O–H groups in total. The fourth-order valence-electron chi connectivity index (χ4n) is 6.48. The van der Waals surface area contributed by atoms with Gasteiger partial charge in [-0.25, -0.2) is 0 Å². The van der Waals surface area contributed by atoms with Gasteiger partial charge in [0.2, 0.25) is 0 Å². The summed E-state index contributed by atoms with van der Waals surface area (Å²) in [6, 6.07) is 9.01. The Morgan fingerprint density at radius 1 is 1.13 bits per heavy atom. The summed E-state index contributed by atoms with van der Waals surface area (Å²) in [5.41, 5.74) is 5.61. The molecule has 1 saturated heterocycles. The highest BCUT2D eigenvalue weighted by atomic mass is 15.0. The highest BCUT2D eigenvalue weighted by molar-refractivity contribution is 5.85. The smallest absolute Gasteiger partial charge is 0.0482 e. The molecule has 3 fully saturated rings. The molecule has 0 bridgehead atoms. The first-order valence-electron chi connectivity index (χ1n) is 9.45. The molecule has 0 spiro atoms. The van der Waals surface area contributed by atoms with Crippen LogP contribution in [-0.2, 0) is 12.5 Å². The van der Waals surface area contributed by atoms with Crippen LogP contribution in [0.1, 0.15) is 49.8 Å². The van der Waals surface area contributed by atoms with E-state index in [1.54, 1.807) is 11.3 Å². The lowest BCUT2D eigenvalue weighted by Gasteiger charge is -2.45. The maximum atomic E-state index is 3.72. The van der Waals surface area contributed by atoms with Gasteiger partial charge in [-0.05, 0) is 55.7 Å². The van der Waals surface area contributed by atoms with E-state index in [0.717, 1.165) is 5.92 Å². The van der Waals surface area contributed by atoms with Crippen molar-refractivity contribution < 1.29 is 0 Å². The van der Waals surface area contributed by atoms with Crippen LogP contribution in [0.15, 0.2) is 24.3 Å². The Hall–Kier alpha value is -1.28. The number of nitrogens with zero attached hydrogens (tertiary/aromatic N) is 1. The second kappa shape index (κ2) is 4.63. The van der Waals surface area contributed by atoms with Crippen molar-refractivity contribution in [3.8, 4) is 0 Å². The number of rotatable bonds is 2. The third-order valence-corrected chi connectivity index (χ3v) is 7.54. The minimum absolute atomic E-state index is 0.414. The van der Waals surface area contributed by atoms with Crippen molar-refractivity contribution in [3.63, 3.8) is 0 Å². The molecule has 2 aromatic rings. The molecule has 1 aromatic heterocycles. The van der Waals surface area contributed by atoms with E-state index in [1.165, 1.54) is 62.5 Å². The van der Waals surface area contributed by atoms with Crippen LogP contribution in [-0.4, -0.2) is 17.7 Å². The van der Waals surface area contributed by atoms with Gasteiger partial charge >= 0.3 is 0 Å². The first-order valence-corrected chi connectivity index (χ1v) is 9.45. The van der Waals surface area contributed by atoms with E-state index in [4.69, 9.17) is 0 Å². The number of benzene rings is 1. The van der Waals surface area contributed by atoms with Gasteiger partial charge in [0.1, 0.15) is 0 Å². The third kappa shape index (κ3) is 1.63. The Morgan fingerprint density at radius 2 is 1.91 bits per heavy atom. The van der Waals surface area contributed by atoms with Crippen LogP contribution in [0.4, 0.5) is 0 Å². The van der Waals surface area contributed by atoms with E-state index in [0.29, 0.717) is 10.8 Å². The molecular weight excluding hydrogens is 280 g/mol. The predicted molar refractivity (Wildman–Crippen MR) is 95.8 cm³/mol. The number of fused-ring (bicyclic) bond motifs is 2. The van der Waals surface area contributed by atoms with Crippen molar-refractivity contribution in [2.24, 2.45) is 18.4 Å². The second-order valence-corrected chi connectivity index (χ2v) is 8.38. The van der Waals surface area contributed by atoms with Crippen molar-refractivity contribution in [1.82, 2.24) is 9.88 Å². The van der Waals surface area contributed by atoms with Crippen LogP contribution in [0.5, 0.6) is 0 Å². The van der Waals surface area contributed by atoms with Crippen LogP contribution >= 0.6 is 0 Å². The second-order valence-electron chi connectivity index (χ2n) is 8.38. The Balaban J connectivity index is 1.77. The average Bonchev–Trinajstić information content (AvgIpc) is 3.06. The molecule has 3 aliphatic rings. The lowest BCUT2D eigenvalue weighted by molar-refractivity contribution is 0.161. The first-order chi connectivity index (χ1) is 11.2. The maximum absolute atomic E-state index is 3.72. The van der Waals surface area contributed by atoms with E-state index in [1.807, 2.05) is 0 Å². The summed E-state index contributed by atoms with van der Waals surface area (Å²) >= 11 is 0. The van der Waals surface area contributed by atoms with Gasteiger partial charge in [0.05, 0.1) is 0 Å². The lowest BCUT2D eigenvalue weighted by Crippen LogP contribution is -2.44. The number of aryl methyl sites for hydroxylation is 2. The maximum Gasteiger partial charge on any atom is 0.0482 e. The van der Waals surface area contributed by atoms with E-state index in [9.17, 15) is 0 Å². The van der Waals surface area contributed by atoms with Gasteiger partial charge in [0, 0.05) is 35.6 Å². The molecule has 2 nitrogen and oxygen atoms in total. The SMILES string of the molecule is Cc1c(C2(C34CNCC3C4)CCCCC2)n(C)c2ccccc12. The highest BCUT2D eigenvalue weighted by Gasteiger charge is 2.69. The van der Waals surface area contributed by atoms with E-state index in [2.05, 4.69) is 48.1 Å². The van der Waals surface area contributed by atoms with Gasteiger partial charge in [-0.1, -0.05) is 37.5 Å². The van der Waals surface area contributed by atoms with Crippen LogP contribution in [0.25, 0.3) is 10.9 Å². The van der Waals surface area contributed by atoms with Crippen LogP contribution in [0.2, 0.25) is 0 Å². The zero-order valence-corrected chi connectivity index (χ0v) is 14.5. The van der Waals surface area contributed by atoms with Crippen molar-refractivity contribution in [3.05, 3.63) is 35.5 Å². The van der Waals surface area contributed by atoms with Crippen molar-refractivity contribution in [2.45, 2.75) is 50.9 Å². The first kappa shape index (κ1) is 14.1. The Kier molecular flexibility index (Phi) is 2.84. The normalized spacial score (nSPS) is 32.2. The Morgan fingerprint density at radius 3 is 2.57 bits per heavy atom. The van der Waals surface area contributed by atoms with Crippen molar-refractivity contribution in [2.75, 3.05) is 13.1 Å². The largest absolute Gasteiger partial charge is 0.347 e. The summed E-state index contributed by atoms with van der Waals surface area (Å²) in [4.78, 5) is 0. The molecule has 122 valence electrons.